The highest BCUT2D eigenvalue weighted by atomic mass is 19.1. The number of para-hydroxylation sites is 1. The summed E-state index contributed by atoms with van der Waals surface area (Å²) in [6.07, 6.45) is 2.98. The van der Waals surface area contributed by atoms with Crippen LogP contribution in [0, 0.1) is 5.82 Å². The van der Waals surface area contributed by atoms with E-state index in [9.17, 15) is 4.39 Å². The van der Waals surface area contributed by atoms with Crippen LogP contribution in [0.25, 0.3) is 17.2 Å². The summed E-state index contributed by atoms with van der Waals surface area (Å²) in [5.41, 5.74) is 6.50. The Morgan fingerprint density at radius 3 is 2.34 bits per heavy atom. The van der Waals surface area contributed by atoms with Gasteiger partial charge in [0, 0.05) is 6.07 Å². The summed E-state index contributed by atoms with van der Waals surface area (Å²) in [7, 11) is 1.65. The van der Waals surface area contributed by atoms with Gasteiger partial charge in [0.25, 0.3) is 0 Å². The number of benzene rings is 3. The van der Waals surface area contributed by atoms with Crippen LogP contribution in [0.15, 0.2) is 72.3 Å². The maximum absolute atomic E-state index is 13.8. The second-order valence-electron chi connectivity index (χ2n) is 7.06. The lowest BCUT2D eigenvalue weighted by atomic mass is 10.0. The molecule has 3 aromatic rings. The minimum atomic E-state index is -0.205. The average molecular weight is 386 g/mol. The first kappa shape index (κ1) is 19.0. The Kier molecular flexibility index (Phi) is 5.22. The Hall–Kier alpha value is -3.33. The van der Waals surface area contributed by atoms with Gasteiger partial charge < -0.3 is 9.47 Å². The first-order valence-electron chi connectivity index (χ1n) is 9.73. The van der Waals surface area contributed by atoms with Crippen LogP contribution in [0.3, 0.4) is 0 Å². The summed E-state index contributed by atoms with van der Waals surface area (Å²) < 4.78 is 25.3. The number of methoxy groups -OCH3 is 1. The van der Waals surface area contributed by atoms with Crippen LogP contribution in [-0.2, 0) is 0 Å². The summed E-state index contributed by atoms with van der Waals surface area (Å²) in [5.74, 6) is 1.99. The molecule has 146 valence electrons. The molecule has 0 atom stereocenters. The molecule has 2 nitrogen and oxygen atoms in total. The van der Waals surface area contributed by atoms with E-state index in [0.29, 0.717) is 5.75 Å². The fourth-order valence-electron chi connectivity index (χ4n) is 3.85. The van der Waals surface area contributed by atoms with Crippen molar-refractivity contribution < 1.29 is 13.9 Å². The van der Waals surface area contributed by atoms with Gasteiger partial charge >= 0.3 is 0 Å². The minimum absolute atomic E-state index is 0.205. The molecule has 0 N–H and O–H groups in total. The molecule has 0 bridgehead atoms. The van der Waals surface area contributed by atoms with E-state index >= 15 is 0 Å². The van der Waals surface area contributed by atoms with Crippen LogP contribution >= 0.6 is 0 Å². The Labute approximate surface area is 170 Å². The Balaban J connectivity index is 1.78. The Morgan fingerprint density at radius 2 is 1.62 bits per heavy atom. The molecule has 0 unspecified atom stereocenters. The Morgan fingerprint density at radius 1 is 0.862 bits per heavy atom. The SMILES string of the molecule is CCC1=C(C)/C(=C/c2cc(OC)cc(Oc3ccccc3)c2)c2ccc(F)cc21. The third kappa shape index (κ3) is 3.81. The van der Waals surface area contributed by atoms with Gasteiger partial charge in [0.15, 0.2) is 0 Å². The Bertz CT molecular complexity index is 1110. The molecule has 4 rings (SSSR count). The zero-order valence-corrected chi connectivity index (χ0v) is 16.8. The molecule has 0 saturated carbocycles. The van der Waals surface area contributed by atoms with Crippen molar-refractivity contribution in [3.05, 3.63) is 94.8 Å². The molecular formula is C26H23FO2. The zero-order chi connectivity index (χ0) is 20.4. The monoisotopic (exact) mass is 386 g/mol. The van der Waals surface area contributed by atoms with Gasteiger partial charge in [0.2, 0.25) is 0 Å². The molecule has 0 saturated heterocycles. The molecule has 29 heavy (non-hydrogen) atoms. The summed E-state index contributed by atoms with van der Waals surface area (Å²) in [6.45, 7) is 4.21. The number of halogens is 1. The highest BCUT2D eigenvalue weighted by Crippen LogP contribution is 2.44. The standard InChI is InChI=1S/C26H23FO2/c1-4-23-17(2)25(24-11-10-19(27)15-26(23)24)14-18-12-21(28-3)16-22(13-18)29-20-8-6-5-7-9-20/h5-16H,4H2,1-3H3/b25-14-. The lowest BCUT2D eigenvalue weighted by Gasteiger charge is -2.10. The largest absolute Gasteiger partial charge is 0.497 e. The second kappa shape index (κ2) is 7.96. The van der Waals surface area contributed by atoms with Crippen LogP contribution in [0.5, 0.6) is 17.2 Å². The third-order valence-corrected chi connectivity index (χ3v) is 5.24. The van der Waals surface area contributed by atoms with Crippen molar-refractivity contribution in [3.8, 4) is 17.2 Å². The fourth-order valence-corrected chi connectivity index (χ4v) is 3.85. The normalized spacial score (nSPS) is 14.3. The first-order valence-corrected chi connectivity index (χ1v) is 9.73. The van der Waals surface area contributed by atoms with Crippen molar-refractivity contribution in [3.63, 3.8) is 0 Å². The van der Waals surface area contributed by atoms with E-state index < -0.39 is 0 Å². The second-order valence-corrected chi connectivity index (χ2v) is 7.06. The number of ether oxygens (including phenoxy) is 2. The van der Waals surface area contributed by atoms with E-state index in [-0.39, 0.29) is 5.82 Å². The van der Waals surface area contributed by atoms with Crippen molar-refractivity contribution in [1.29, 1.82) is 0 Å². The van der Waals surface area contributed by atoms with E-state index in [4.69, 9.17) is 9.47 Å². The molecule has 0 fully saturated rings. The van der Waals surface area contributed by atoms with Gasteiger partial charge in [-0.15, -0.1) is 0 Å². The molecule has 0 spiro atoms. The van der Waals surface area contributed by atoms with Crippen LogP contribution in [0.4, 0.5) is 4.39 Å². The fraction of sp³-hybridized carbons (Fsp3) is 0.154. The number of hydrogen-bond acceptors (Lipinski definition) is 2. The molecule has 0 aliphatic heterocycles. The quantitative estimate of drug-likeness (QED) is 0.456. The topological polar surface area (TPSA) is 18.5 Å². The predicted molar refractivity (Wildman–Crippen MR) is 117 cm³/mol. The third-order valence-electron chi connectivity index (χ3n) is 5.24. The van der Waals surface area contributed by atoms with Crippen molar-refractivity contribution in [2.45, 2.75) is 20.3 Å². The molecule has 1 aliphatic rings. The van der Waals surface area contributed by atoms with Crippen molar-refractivity contribution in [1.82, 2.24) is 0 Å². The van der Waals surface area contributed by atoms with E-state index in [1.807, 2.05) is 54.6 Å². The molecule has 3 aromatic carbocycles. The summed E-state index contributed by atoms with van der Waals surface area (Å²) in [6, 6.07) is 20.5. The van der Waals surface area contributed by atoms with Crippen LogP contribution in [0.2, 0.25) is 0 Å². The molecule has 0 aromatic heterocycles. The lowest BCUT2D eigenvalue weighted by Crippen LogP contribution is -1.90. The van der Waals surface area contributed by atoms with Crippen molar-refractivity contribution >= 4 is 17.2 Å². The van der Waals surface area contributed by atoms with Gasteiger partial charge in [-0.2, -0.15) is 0 Å². The maximum atomic E-state index is 13.8. The lowest BCUT2D eigenvalue weighted by molar-refractivity contribution is 0.409. The highest BCUT2D eigenvalue weighted by molar-refractivity contribution is 6.05. The number of rotatable bonds is 5. The van der Waals surface area contributed by atoms with Crippen LogP contribution < -0.4 is 9.47 Å². The molecular weight excluding hydrogens is 363 g/mol. The van der Waals surface area contributed by atoms with Crippen LogP contribution in [0.1, 0.15) is 37.0 Å². The molecule has 1 aliphatic carbocycles. The predicted octanol–water partition coefficient (Wildman–Crippen LogP) is 7.36. The first-order chi connectivity index (χ1) is 14.1. The van der Waals surface area contributed by atoms with Gasteiger partial charge in [-0.1, -0.05) is 31.2 Å². The van der Waals surface area contributed by atoms with E-state index in [2.05, 4.69) is 19.9 Å². The smallest absolute Gasteiger partial charge is 0.131 e. The van der Waals surface area contributed by atoms with Crippen LogP contribution in [-0.4, -0.2) is 7.11 Å². The molecule has 0 heterocycles. The van der Waals surface area contributed by atoms with Gasteiger partial charge in [-0.25, -0.2) is 4.39 Å². The van der Waals surface area contributed by atoms with Gasteiger partial charge in [-0.3, -0.25) is 0 Å². The van der Waals surface area contributed by atoms with E-state index in [1.54, 1.807) is 13.2 Å². The number of hydrogen-bond donors (Lipinski definition) is 0. The van der Waals surface area contributed by atoms with Gasteiger partial charge in [-0.05, 0) is 89.2 Å². The van der Waals surface area contributed by atoms with Gasteiger partial charge in [0.1, 0.15) is 23.1 Å². The summed E-state index contributed by atoms with van der Waals surface area (Å²) in [4.78, 5) is 0. The summed E-state index contributed by atoms with van der Waals surface area (Å²) in [5, 5.41) is 0. The number of allylic oxidation sites excluding steroid dienone is 3. The molecule has 0 amide bonds. The summed E-state index contributed by atoms with van der Waals surface area (Å²) >= 11 is 0. The van der Waals surface area contributed by atoms with Crippen molar-refractivity contribution in [2.75, 3.05) is 7.11 Å². The van der Waals surface area contributed by atoms with E-state index in [0.717, 1.165) is 40.2 Å². The highest BCUT2D eigenvalue weighted by Gasteiger charge is 2.23. The average Bonchev–Trinajstić information content (AvgIpc) is 2.98. The molecule has 3 heteroatoms. The van der Waals surface area contributed by atoms with Gasteiger partial charge in [0.05, 0.1) is 7.11 Å². The molecule has 0 radical (unpaired) electrons. The number of fused-ring (bicyclic) bond motifs is 1. The van der Waals surface area contributed by atoms with Crippen molar-refractivity contribution in [2.24, 2.45) is 0 Å². The minimum Gasteiger partial charge on any atom is -0.497 e. The zero-order valence-electron chi connectivity index (χ0n) is 16.8. The maximum Gasteiger partial charge on any atom is 0.131 e. The van der Waals surface area contributed by atoms with E-state index in [1.165, 1.54) is 17.2 Å².